The SMILES string of the molecule is CNCc1ccc(-c2cc(-c3cncc(-c4ccc(=O)n(C5CCCC5)c4)n3)on2)c(F)c1. The molecule has 168 valence electrons. The molecule has 4 aromatic rings. The van der Waals surface area contributed by atoms with Crippen molar-refractivity contribution in [3.63, 3.8) is 0 Å². The molecule has 0 bridgehead atoms. The highest BCUT2D eigenvalue weighted by Gasteiger charge is 2.19. The van der Waals surface area contributed by atoms with Gasteiger partial charge in [0.2, 0.25) is 0 Å². The second-order valence-corrected chi connectivity index (χ2v) is 8.31. The molecule has 1 N–H and O–H groups in total. The minimum atomic E-state index is -0.364. The highest BCUT2D eigenvalue weighted by molar-refractivity contribution is 5.67. The van der Waals surface area contributed by atoms with E-state index in [4.69, 9.17) is 4.52 Å². The van der Waals surface area contributed by atoms with Gasteiger partial charge in [-0.15, -0.1) is 0 Å². The molecule has 1 aliphatic rings. The standard InChI is InChI=1S/C25H24FN5O2/c1-27-12-16-6-8-19(20(26)10-16)21-11-24(33-30-21)23-14-28-13-22(29-23)17-7-9-25(32)31(15-17)18-4-2-3-5-18/h6-11,13-15,18,27H,2-5,12H2,1H3. The van der Waals surface area contributed by atoms with Crippen LogP contribution >= 0.6 is 0 Å². The lowest BCUT2D eigenvalue weighted by Crippen LogP contribution is -2.22. The Morgan fingerprint density at radius 1 is 1.09 bits per heavy atom. The minimum absolute atomic E-state index is 0.00240. The summed E-state index contributed by atoms with van der Waals surface area (Å²) in [7, 11) is 1.81. The fourth-order valence-corrected chi connectivity index (χ4v) is 4.35. The van der Waals surface area contributed by atoms with Crippen LogP contribution < -0.4 is 10.9 Å². The van der Waals surface area contributed by atoms with Crippen molar-refractivity contribution < 1.29 is 8.91 Å². The van der Waals surface area contributed by atoms with Crippen molar-refractivity contribution in [3.05, 3.63) is 76.7 Å². The van der Waals surface area contributed by atoms with Gasteiger partial charge in [-0.05, 0) is 43.7 Å². The molecule has 0 aliphatic heterocycles. The van der Waals surface area contributed by atoms with E-state index in [0.717, 1.165) is 36.8 Å². The lowest BCUT2D eigenvalue weighted by atomic mass is 10.1. The average molecular weight is 445 g/mol. The number of benzene rings is 1. The molecule has 3 aromatic heterocycles. The maximum absolute atomic E-state index is 14.6. The van der Waals surface area contributed by atoms with Crippen LogP contribution in [0.25, 0.3) is 34.0 Å². The van der Waals surface area contributed by atoms with E-state index in [0.29, 0.717) is 35.0 Å². The molecule has 1 saturated carbocycles. The summed E-state index contributed by atoms with van der Waals surface area (Å²) in [6.07, 6.45) is 9.41. The highest BCUT2D eigenvalue weighted by atomic mass is 19.1. The van der Waals surface area contributed by atoms with Gasteiger partial charge in [-0.2, -0.15) is 0 Å². The van der Waals surface area contributed by atoms with E-state index in [1.807, 2.05) is 23.9 Å². The number of aromatic nitrogens is 4. The van der Waals surface area contributed by atoms with Crippen LogP contribution in [0.2, 0.25) is 0 Å². The van der Waals surface area contributed by atoms with E-state index in [2.05, 4.69) is 20.4 Å². The van der Waals surface area contributed by atoms with Gasteiger partial charge in [-0.3, -0.25) is 9.78 Å². The molecule has 7 nitrogen and oxygen atoms in total. The summed E-state index contributed by atoms with van der Waals surface area (Å²) in [5.41, 5.74) is 3.51. The maximum Gasteiger partial charge on any atom is 0.250 e. The van der Waals surface area contributed by atoms with Gasteiger partial charge in [0.1, 0.15) is 17.2 Å². The van der Waals surface area contributed by atoms with Crippen molar-refractivity contribution >= 4 is 0 Å². The van der Waals surface area contributed by atoms with Crippen molar-refractivity contribution in [3.8, 4) is 34.0 Å². The van der Waals surface area contributed by atoms with Crippen molar-refractivity contribution in [2.45, 2.75) is 38.3 Å². The number of pyridine rings is 1. The molecule has 0 saturated heterocycles. The van der Waals surface area contributed by atoms with Crippen LogP contribution in [0.5, 0.6) is 0 Å². The summed E-state index contributed by atoms with van der Waals surface area (Å²) in [6.45, 7) is 0.581. The minimum Gasteiger partial charge on any atom is -0.354 e. The second-order valence-electron chi connectivity index (χ2n) is 8.31. The van der Waals surface area contributed by atoms with Crippen molar-refractivity contribution in [2.75, 3.05) is 7.05 Å². The smallest absolute Gasteiger partial charge is 0.250 e. The molecule has 33 heavy (non-hydrogen) atoms. The van der Waals surface area contributed by atoms with Gasteiger partial charge < -0.3 is 14.4 Å². The van der Waals surface area contributed by atoms with Crippen LogP contribution in [0, 0.1) is 5.82 Å². The van der Waals surface area contributed by atoms with E-state index in [-0.39, 0.29) is 17.4 Å². The lowest BCUT2D eigenvalue weighted by molar-refractivity contribution is 0.433. The average Bonchev–Trinajstić information content (AvgIpc) is 3.53. The molecule has 8 heteroatoms. The Kier molecular flexibility index (Phi) is 5.83. The van der Waals surface area contributed by atoms with E-state index >= 15 is 0 Å². The number of hydrogen-bond acceptors (Lipinski definition) is 6. The largest absolute Gasteiger partial charge is 0.354 e. The fourth-order valence-electron chi connectivity index (χ4n) is 4.35. The van der Waals surface area contributed by atoms with Crippen LogP contribution in [0.4, 0.5) is 4.39 Å². The van der Waals surface area contributed by atoms with Crippen LogP contribution in [0.1, 0.15) is 37.3 Å². The fraction of sp³-hybridized carbons (Fsp3) is 0.280. The number of rotatable bonds is 6. The third-order valence-electron chi connectivity index (χ3n) is 6.04. The molecular weight excluding hydrogens is 421 g/mol. The van der Waals surface area contributed by atoms with Gasteiger partial charge in [0.25, 0.3) is 5.56 Å². The topological polar surface area (TPSA) is 85.8 Å². The van der Waals surface area contributed by atoms with Crippen LogP contribution in [0.15, 0.2) is 64.3 Å². The first-order valence-electron chi connectivity index (χ1n) is 11.1. The number of hydrogen-bond donors (Lipinski definition) is 1. The Morgan fingerprint density at radius 2 is 1.91 bits per heavy atom. The predicted octanol–water partition coefficient (Wildman–Crippen LogP) is 4.60. The Labute approximate surface area is 190 Å². The van der Waals surface area contributed by atoms with Gasteiger partial charge in [-0.1, -0.05) is 24.1 Å². The molecule has 3 heterocycles. The Balaban J connectivity index is 1.45. The summed E-state index contributed by atoms with van der Waals surface area (Å²) in [5.74, 6) is 0.0266. The summed E-state index contributed by atoms with van der Waals surface area (Å²) in [5, 5.41) is 7.04. The molecule has 0 spiro atoms. The first-order chi connectivity index (χ1) is 16.1. The monoisotopic (exact) mass is 445 g/mol. The normalized spacial score (nSPS) is 14.1. The zero-order valence-electron chi connectivity index (χ0n) is 18.3. The summed E-state index contributed by atoms with van der Waals surface area (Å²) in [4.78, 5) is 21.3. The van der Waals surface area contributed by atoms with Gasteiger partial charge in [0.15, 0.2) is 5.76 Å². The lowest BCUT2D eigenvalue weighted by Gasteiger charge is -2.14. The van der Waals surface area contributed by atoms with Crippen molar-refractivity contribution in [1.29, 1.82) is 0 Å². The quantitative estimate of drug-likeness (QED) is 0.467. The maximum atomic E-state index is 14.6. The zero-order chi connectivity index (χ0) is 22.8. The number of nitrogens with one attached hydrogen (secondary N) is 1. The summed E-state index contributed by atoms with van der Waals surface area (Å²) >= 11 is 0. The Bertz CT molecular complexity index is 1340. The van der Waals surface area contributed by atoms with Gasteiger partial charge >= 0.3 is 0 Å². The van der Waals surface area contributed by atoms with Crippen LogP contribution in [-0.4, -0.2) is 26.7 Å². The predicted molar refractivity (Wildman–Crippen MR) is 123 cm³/mol. The number of nitrogens with zero attached hydrogens (tertiary/aromatic N) is 4. The molecule has 1 aromatic carbocycles. The van der Waals surface area contributed by atoms with Gasteiger partial charge in [-0.25, -0.2) is 9.37 Å². The first-order valence-corrected chi connectivity index (χ1v) is 11.1. The van der Waals surface area contributed by atoms with Crippen molar-refractivity contribution in [1.82, 2.24) is 25.0 Å². The van der Waals surface area contributed by atoms with E-state index in [1.54, 1.807) is 36.7 Å². The van der Waals surface area contributed by atoms with Gasteiger partial charge in [0.05, 0.1) is 18.1 Å². The van der Waals surface area contributed by atoms with E-state index in [1.165, 1.54) is 6.07 Å². The molecule has 0 amide bonds. The number of halogens is 1. The Morgan fingerprint density at radius 3 is 2.70 bits per heavy atom. The third kappa shape index (κ3) is 4.34. The highest BCUT2D eigenvalue weighted by Crippen LogP contribution is 2.30. The molecular formula is C25H24FN5O2. The van der Waals surface area contributed by atoms with Gasteiger partial charge in [0, 0.05) is 42.0 Å². The first kappa shape index (κ1) is 21.2. The molecule has 0 unspecified atom stereocenters. The van der Waals surface area contributed by atoms with Crippen molar-refractivity contribution in [2.24, 2.45) is 0 Å². The summed E-state index contributed by atoms with van der Waals surface area (Å²) < 4.78 is 21.9. The molecule has 1 fully saturated rings. The molecule has 1 aliphatic carbocycles. The van der Waals surface area contributed by atoms with Crippen LogP contribution in [0.3, 0.4) is 0 Å². The van der Waals surface area contributed by atoms with E-state index in [9.17, 15) is 9.18 Å². The Hall–Kier alpha value is -3.65. The van der Waals surface area contributed by atoms with E-state index < -0.39 is 0 Å². The summed E-state index contributed by atoms with van der Waals surface area (Å²) in [6, 6.07) is 10.3. The second kappa shape index (κ2) is 9.07. The third-order valence-corrected chi connectivity index (χ3v) is 6.04. The zero-order valence-corrected chi connectivity index (χ0v) is 18.3. The molecule has 5 rings (SSSR count). The molecule has 0 atom stereocenters. The van der Waals surface area contributed by atoms with Crippen LogP contribution in [-0.2, 0) is 6.54 Å². The molecule has 0 radical (unpaired) electrons.